The fourth-order valence-corrected chi connectivity index (χ4v) is 3.43. The first kappa shape index (κ1) is 15.3. The van der Waals surface area contributed by atoms with E-state index < -0.39 is 11.1 Å². The van der Waals surface area contributed by atoms with E-state index in [1.165, 1.54) is 25.7 Å². The number of rotatable bonds is 3. The molecule has 0 unspecified atom stereocenters. The Morgan fingerprint density at radius 3 is 1.10 bits per heavy atom. The van der Waals surface area contributed by atoms with Gasteiger partial charge in [-0.25, -0.2) is 10.9 Å². The fraction of sp³-hybridized carbons (Fsp3) is 0.875. The molecule has 0 amide bonds. The van der Waals surface area contributed by atoms with Gasteiger partial charge < -0.3 is 0 Å². The third kappa shape index (κ3) is 3.72. The highest BCUT2D eigenvalue weighted by molar-refractivity contribution is 5.11. The van der Waals surface area contributed by atoms with E-state index in [-0.39, 0.29) is 0 Å². The second-order valence-corrected chi connectivity index (χ2v) is 6.47. The normalized spacial score (nSPS) is 25.7. The summed E-state index contributed by atoms with van der Waals surface area (Å²) in [6.07, 6.45) is 12.8. The van der Waals surface area contributed by atoms with Crippen molar-refractivity contribution in [3.8, 4) is 12.1 Å². The van der Waals surface area contributed by atoms with Crippen LogP contribution in [-0.2, 0) is 0 Å². The van der Waals surface area contributed by atoms with E-state index in [9.17, 15) is 10.5 Å². The van der Waals surface area contributed by atoms with Crippen LogP contribution in [0.15, 0.2) is 0 Å². The largest absolute Gasteiger partial charge is 0.236 e. The molecule has 0 aromatic carbocycles. The maximum absolute atomic E-state index is 9.57. The van der Waals surface area contributed by atoms with Gasteiger partial charge >= 0.3 is 0 Å². The van der Waals surface area contributed by atoms with Crippen LogP contribution in [0.3, 0.4) is 0 Å². The lowest BCUT2D eigenvalue weighted by molar-refractivity contribution is 0.237. The van der Waals surface area contributed by atoms with Crippen molar-refractivity contribution in [2.75, 3.05) is 0 Å². The van der Waals surface area contributed by atoms with Gasteiger partial charge in [-0.3, -0.25) is 0 Å². The summed E-state index contributed by atoms with van der Waals surface area (Å²) in [5, 5.41) is 19.1. The smallest absolute Gasteiger partial charge is 0.119 e. The van der Waals surface area contributed by atoms with Crippen molar-refractivity contribution in [2.45, 2.75) is 88.1 Å². The third-order valence-corrected chi connectivity index (χ3v) is 4.88. The van der Waals surface area contributed by atoms with Crippen LogP contribution in [0, 0.1) is 22.7 Å². The minimum absolute atomic E-state index is 0.480. The zero-order chi connectivity index (χ0) is 14.3. The van der Waals surface area contributed by atoms with Gasteiger partial charge in [-0.05, 0) is 25.7 Å². The van der Waals surface area contributed by atoms with Crippen LogP contribution in [0.4, 0.5) is 0 Å². The van der Waals surface area contributed by atoms with E-state index in [2.05, 4.69) is 23.0 Å². The molecule has 110 valence electrons. The molecule has 0 radical (unpaired) electrons. The Morgan fingerprint density at radius 1 is 0.550 bits per heavy atom. The second kappa shape index (κ2) is 7.07. The van der Waals surface area contributed by atoms with Gasteiger partial charge in [0.15, 0.2) is 0 Å². The summed E-state index contributed by atoms with van der Waals surface area (Å²) < 4.78 is 0. The predicted octanol–water partition coefficient (Wildman–Crippen LogP) is 3.31. The molecule has 2 saturated carbocycles. The zero-order valence-electron chi connectivity index (χ0n) is 12.4. The molecule has 0 aromatic rings. The van der Waals surface area contributed by atoms with Crippen LogP contribution in [-0.4, -0.2) is 11.1 Å². The monoisotopic (exact) mass is 274 g/mol. The highest BCUT2D eigenvalue weighted by Gasteiger charge is 2.36. The molecule has 2 fully saturated rings. The van der Waals surface area contributed by atoms with E-state index >= 15 is 0 Å². The summed E-state index contributed by atoms with van der Waals surface area (Å²) >= 11 is 0. The first-order valence-corrected chi connectivity index (χ1v) is 8.11. The molecule has 4 heteroatoms. The number of hydrogen-bond acceptors (Lipinski definition) is 4. The van der Waals surface area contributed by atoms with Gasteiger partial charge in [-0.1, -0.05) is 51.4 Å². The minimum atomic E-state index is -0.480. The van der Waals surface area contributed by atoms with Crippen molar-refractivity contribution < 1.29 is 0 Å². The maximum atomic E-state index is 9.57. The first-order valence-electron chi connectivity index (χ1n) is 8.11. The van der Waals surface area contributed by atoms with E-state index in [1.807, 2.05) is 0 Å². The molecule has 0 spiro atoms. The Balaban J connectivity index is 2.00. The molecule has 0 saturated heterocycles. The molecule has 0 aromatic heterocycles. The molecular weight excluding hydrogens is 248 g/mol. The van der Waals surface area contributed by atoms with E-state index in [4.69, 9.17) is 0 Å². The van der Waals surface area contributed by atoms with Gasteiger partial charge in [0.05, 0.1) is 12.1 Å². The summed E-state index contributed by atoms with van der Waals surface area (Å²) in [5.74, 6) is 0. The summed E-state index contributed by atoms with van der Waals surface area (Å²) in [6, 6.07) is 4.94. The molecule has 0 atom stereocenters. The standard InChI is InChI=1S/C16H26N4/c17-13-15(9-5-1-2-6-10-15)19-20-16(14-18)11-7-3-4-8-12-16/h19-20H,1-12H2. The van der Waals surface area contributed by atoms with Crippen molar-refractivity contribution in [2.24, 2.45) is 0 Å². The Kier molecular flexibility index (Phi) is 5.40. The molecule has 2 rings (SSSR count). The van der Waals surface area contributed by atoms with Gasteiger partial charge in [-0.2, -0.15) is 10.5 Å². The number of nitriles is 2. The number of nitrogens with zero attached hydrogens (tertiary/aromatic N) is 2. The maximum Gasteiger partial charge on any atom is 0.119 e. The van der Waals surface area contributed by atoms with Crippen LogP contribution in [0.1, 0.15) is 77.0 Å². The number of hydrazine groups is 1. The number of nitrogens with one attached hydrogen (secondary N) is 2. The molecule has 2 aliphatic carbocycles. The Morgan fingerprint density at radius 2 is 0.850 bits per heavy atom. The Bertz CT molecular complexity index is 336. The summed E-state index contributed by atoms with van der Waals surface area (Å²) in [6.45, 7) is 0. The fourth-order valence-electron chi connectivity index (χ4n) is 3.43. The molecule has 4 nitrogen and oxygen atoms in total. The summed E-state index contributed by atoms with van der Waals surface area (Å²) in [4.78, 5) is 0. The van der Waals surface area contributed by atoms with E-state index in [0.717, 1.165) is 51.4 Å². The van der Waals surface area contributed by atoms with Gasteiger partial charge in [0, 0.05) is 0 Å². The van der Waals surface area contributed by atoms with E-state index in [1.54, 1.807) is 0 Å². The first-order chi connectivity index (χ1) is 9.74. The SMILES string of the molecule is N#CC1(NNC2(C#N)CCCCCC2)CCCCCC1. The summed E-state index contributed by atoms with van der Waals surface area (Å²) in [5.41, 5.74) is 5.60. The average Bonchev–Trinajstić information content (AvgIpc) is 2.87. The van der Waals surface area contributed by atoms with Crippen molar-refractivity contribution in [3.63, 3.8) is 0 Å². The molecule has 0 heterocycles. The highest BCUT2D eigenvalue weighted by Crippen LogP contribution is 2.29. The minimum Gasteiger partial charge on any atom is -0.236 e. The lowest BCUT2D eigenvalue weighted by atomic mass is 9.90. The molecule has 20 heavy (non-hydrogen) atoms. The molecular formula is C16H26N4. The number of hydrogen-bond donors (Lipinski definition) is 2. The topological polar surface area (TPSA) is 71.6 Å². The summed E-state index contributed by atoms with van der Waals surface area (Å²) in [7, 11) is 0. The van der Waals surface area contributed by atoms with Crippen molar-refractivity contribution in [1.82, 2.24) is 10.9 Å². The van der Waals surface area contributed by atoms with E-state index in [0.29, 0.717) is 0 Å². The van der Waals surface area contributed by atoms with Crippen LogP contribution in [0.5, 0.6) is 0 Å². The van der Waals surface area contributed by atoms with Gasteiger partial charge in [0.25, 0.3) is 0 Å². The average molecular weight is 274 g/mol. The molecule has 0 bridgehead atoms. The van der Waals surface area contributed by atoms with Crippen molar-refractivity contribution in [1.29, 1.82) is 10.5 Å². The van der Waals surface area contributed by atoms with Gasteiger partial charge in [0.1, 0.15) is 11.1 Å². The van der Waals surface area contributed by atoms with Gasteiger partial charge in [-0.15, -0.1) is 0 Å². The van der Waals surface area contributed by atoms with Crippen LogP contribution in [0.2, 0.25) is 0 Å². The quantitative estimate of drug-likeness (QED) is 0.612. The second-order valence-electron chi connectivity index (χ2n) is 6.47. The van der Waals surface area contributed by atoms with Crippen LogP contribution >= 0.6 is 0 Å². The zero-order valence-corrected chi connectivity index (χ0v) is 12.4. The van der Waals surface area contributed by atoms with Crippen LogP contribution < -0.4 is 10.9 Å². The van der Waals surface area contributed by atoms with Crippen molar-refractivity contribution in [3.05, 3.63) is 0 Å². The third-order valence-electron chi connectivity index (χ3n) is 4.88. The lowest BCUT2D eigenvalue weighted by Crippen LogP contribution is -2.59. The molecule has 2 N–H and O–H groups in total. The Labute approximate surface area is 122 Å². The molecule has 0 aliphatic heterocycles. The molecule has 2 aliphatic rings. The Hall–Kier alpha value is -1.10. The van der Waals surface area contributed by atoms with Crippen LogP contribution in [0.25, 0.3) is 0 Å². The van der Waals surface area contributed by atoms with Gasteiger partial charge in [0.2, 0.25) is 0 Å². The highest BCUT2D eigenvalue weighted by atomic mass is 15.4. The predicted molar refractivity (Wildman–Crippen MR) is 78.4 cm³/mol. The van der Waals surface area contributed by atoms with Crippen molar-refractivity contribution >= 4 is 0 Å². The lowest BCUT2D eigenvalue weighted by Gasteiger charge is -2.33.